The summed E-state index contributed by atoms with van der Waals surface area (Å²) < 4.78 is 16.7. The van der Waals surface area contributed by atoms with Gasteiger partial charge in [-0.05, 0) is 116 Å². The average Bonchev–Trinajstić information content (AvgIpc) is 3.75. The van der Waals surface area contributed by atoms with Gasteiger partial charge in [0.05, 0.1) is 18.8 Å². The van der Waals surface area contributed by atoms with E-state index in [9.17, 15) is 19.2 Å². The van der Waals surface area contributed by atoms with Crippen LogP contribution < -0.4 is 9.47 Å². The number of ether oxygens (including phenoxy) is 3. The van der Waals surface area contributed by atoms with Crippen LogP contribution >= 0.6 is 0 Å². The molecule has 0 atom stereocenters. The molecule has 2 aliphatic rings. The van der Waals surface area contributed by atoms with E-state index in [-0.39, 0.29) is 19.6 Å². The Bertz CT molecular complexity index is 1680. The van der Waals surface area contributed by atoms with Crippen molar-refractivity contribution < 1.29 is 38.5 Å². The summed E-state index contributed by atoms with van der Waals surface area (Å²) in [7, 11) is 0. The van der Waals surface area contributed by atoms with Gasteiger partial charge in [0.1, 0.15) is 11.5 Å². The maximum atomic E-state index is 12.0. The summed E-state index contributed by atoms with van der Waals surface area (Å²) >= 11 is 0. The molecule has 6 rings (SSSR count). The lowest BCUT2D eigenvalue weighted by atomic mass is 10.0. The van der Waals surface area contributed by atoms with E-state index < -0.39 is 23.5 Å². The number of benzene rings is 4. The summed E-state index contributed by atoms with van der Waals surface area (Å²) in [6, 6.07) is 21.6. The molecular formula is C37H40O8. The van der Waals surface area contributed by atoms with E-state index in [2.05, 4.69) is 0 Å². The van der Waals surface area contributed by atoms with Crippen molar-refractivity contribution in [3.63, 3.8) is 0 Å². The zero-order chi connectivity index (χ0) is 31.1. The normalized spacial score (nSPS) is 14.7. The Kier molecular flexibility index (Phi) is 11.3. The van der Waals surface area contributed by atoms with E-state index in [0.717, 1.165) is 58.7 Å². The predicted molar refractivity (Wildman–Crippen MR) is 173 cm³/mol. The minimum absolute atomic E-state index is 0. The SMILES string of the molecule is C.CCOC(=O)C(=O)c1ccc2cc(OC3CCCC3)ccc2c1.O=C(O)C(=O)c1ccc2cc(OC3CCCC3)ccc2c1. The van der Waals surface area contributed by atoms with Crippen molar-refractivity contribution in [1.29, 1.82) is 0 Å². The second kappa shape index (κ2) is 15.3. The summed E-state index contributed by atoms with van der Waals surface area (Å²) in [5.74, 6) is -2.06. The first-order chi connectivity index (χ1) is 21.3. The maximum absolute atomic E-state index is 12.0. The van der Waals surface area contributed by atoms with Crippen molar-refractivity contribution >= 4 is 45.0 Å². The molecule has 0 aliphatic heterocycles. The molecule has 0 amide bonds. The fourth-order valence-corrected chi connectivity index (χ4v) is 5.71. The average molecular weight is 613 g/mol. The van der Waals surface area contributed by atoms with Crippen LogP contribution in [0.15, 0.2) is 72.8 Å². The van der Waals surface area contributed by atoms with Crippen molar-refractivity contribution in [2.45, 2.75) is 77.9 Å². The Morgan fingerprint density at radius 3 is 1.44 bits per heavy atom. The van der Waals surface area contributed by atoms with Crippen molar-refractivity contribution in [3.05, 3.63) is 83.9 Å². The van der Waals surface area contributed by atoms with Gasteiger partial charge in [0, 0.05) is 11.1 Å². The molecule has 0 spiro atoms. The lowest BCUT2D eigenvalue weighted by Crippen LogP contribution is -2.17. The van der Waals surface area contributed by atoms with Crippen LogP contribution in [-0.2, 0) is 14.3 Å². The van der Waals surface area contributed by atoms with Gasteiger partial charge in [-0.15, -0.1) is 0 Å². The zero-order valence-corrected chi connectivity index (χ0v) is 24.8. The molecule has 0 aromatic heterocycles. The number of hydrogen-bond donors (Lipinski definition) is 1. The van der Waals surface area contributed by atoms with Crippen LogP contribution in [0.25, 0.3) is 21.5 Å². The summed E-state index contributed by atoms with van der Waals surface area (Å²) in [4.78, 5) is 45.7. The molecule has 0 unspecified atom stereocenters. The topological polar surface area (TPSA) is 116 Å². The van der Waals surface area contributed by atoms with Crippen molar-refractivity contribution in [2.75, 3.05) is 6.61 Å². The summed E-state index contributed by atoms with van der Waals surface area (Å²) in [5.41, 5.74) is 0.542. The highest BCUT2D eigenvalue weighted by Gasteiger charge is 2.20. The van der Waals surface area contributed by atoms with Gasteiger partial charge in [0.15, 0.2) is 0 Å². The molecule has 0 saturated heterocycles. The van der Waals surface area contributed by atoms with Crippen LogP contribution in [0, 0.1) is 0 Å². The van der Waals surface area contributed by atoms with E-state index in [1.54, 1.807) is 31.2 Å². The van der Waals surface area contributed by atoms with E-state index in [1.165, 1.54) is 31.7 Å². The Morgan fingerprint density at radius 2 is 1.02 bits per heavy atom. The van der Waals surface area contributed by atoms with Crippen LogP contribution in [0.2, 0.25) is 0 Å². The molecule has 236 valence electrons. The summed E-state index contributed by atoms with van der Waals surface area (Å²) in [5, 5.41) is 12.4. The number of carbonyl (C=O) groups excluding carboxylic acids is 3. The van der Waals surface area contributed by atoms with Crippen LogP contribution in [0.4, 0.5) is 0 Å². The van der Waals surface area contributed by atoms with E-state index >= 15 is 0 Å². The van der Waals surface area contributed by atoms with Gasteiger partial charge in [-0.1, -0.05) is 43.8 Å². The smallest absolute Gasteiger partial charge is 0.379 e. The minimum atomic E-state index is -1.43. The summed E-state index contributed by atoms with van der Waals surface area (Å²) in [6.07, 6.45) is 9.96. The summed E-state index contributed by atoms with van der Waals surface area (Å²) in [6.45, 7) is 1.87. The van der Waals surface area contributed by atoms with Crippen LogP contribution in [0.1, 0.15) is 86.4 Å². The van der Waals surface area contributed by atoms with Gasteiger partial charge in [0.25, 0.3) is 11.6 Å². The van der Waals surface area contributed by atoms with Crippen LogP contribution in [0.5, 0.6) is 11.5 Å². The number of ketones is 2. The van der Waals surface area contributed by atoms with Crippen LogP contribution in [0.3, 0.4) is 0 Å². The van der Waals surface area contributed by atoms with Gasteiger partial charge in [-0.25, -0.2) is 9.59 Å². The van der Waals surface area contributed by atoms with Gasteiger partial charge < -0.3 is 19.3 Å². The Balaban J connectivity index is 0.000000201. The molecule has 2 saturated carbocycles. The highest BCUT2D eigenvalue weighted by molar-refractivity contribution is 6.41. The molecule has 8 nitrogen and oxygen atoms in total. The zero-order valence-electron chi connectivity index (χ0n) is 24.8. The number of rotatable bonds is 9. The number of aliphatic carboxylic acids is 1. The molecular weight excluding hydrogens is 572 g/mol. The van der Waals surface area contributed by atoms with E-state index in [4.69, 9.17) is 19.3 Å². The first-order valence-electron chi connectivity index (χ1n) is 15.2. The molecule has 1 N–H and O–H groups in total. The first kappa shape index (κ1) is 33.2. The van der Waals surface area contributed by atoms with Crippen molar-refractivity contribution in [1.82, 2.24) is 0 Å². The van der Waals surface area contributed by atoms with Crippen molar-refractivity contribution in [3.8, 4) is 11.5 Å². The third-order valence-electron chi connectivity index (χ3n) is 8.01. The molecule has 2 fully saturated rings. The number of esters is 1. The third kappa shape index (κ3) is 8.47. The van der Waals surface area contributed by atoms with E-state index in [0.29, 0.717) is 17.8 Å². The Labute approximate surface area is 263 Å². The fraction of sp³-hybridized carbons (Fsp3) is 0.351. The second-order valence-corrected chi connectivity index (χ2v) is 11.2. The second-order valence-electron chi connectivity index (χ2n) is 11.2. The number of Topliss-reactive ketones (excluding diaryl/α,β-unsaturated/α-hetero) is 2. The third-order valence-corrected chi connectivity index (χ3v) is 8.01. The molecule has 2 aliphatic carbocycles. The number of carboxylic acid groups (broad SMARTS) is 1. The molecule has 45 heavy (non-hydrogen) atoms. The fourth-order valence-electron chi connectivity index (χ4n) is 5.71. The molecule has 4 aromatic rings. The minimum Gasteiger partial charge on any atom is -0.490 e. The first-order valence-corrected chi connectivity index (χ1v) is 15.2. The number of carbonyl (C=O) groups is 4. The highest BCUT2D eigenvalue weighted by atomic mass is 16.5. The molecule has 0 radical (unpaired) electrons. The number of fused-ring (bicyclic) bond motifs is 2. The highest BCUT2D eigenvalue weighted by Crippen LogP contribution is 2.29. The molecule has 8 heteroatoms. The van der Waals surface area contributed by atoms with E-state index in [1.807, 2.05) is 42.5 Å². The Morgan fingerprint density at radius 1 is 0.622 bits per heavy atom. The van der Waals surface area contributed by atoms with Gasteiger partial charge in [-0.2, -0.15) is 0 Å². The monoisotopic (exact) mass is 612 g/mol. The molecule has 0 heterocycles. The maximum Gasteiger partial charge on any atom is 0.379 e. The number of carboxylic acids is 1. The number of hydrogen-bond acceptors (Lipinski definition) is 7. The largest absolute Gasteiger partial charge is 0.490 e. The lowest BCUT2D eigenvalue weighted by molar-refractivity contribution is -0.137. The van der Waals surface area contributed by atoms with Gasteiger partial charge >= 0.3 is 11.9 Å². The standard InChI is InChI=1S/C19H20O4.C17H16O4.CH4/c1-2-22-19(21)18(20)15-8-7-14-12-17(10-9-13(14)11-15)23-16-5-3-4-6-16;18-16(17(19)20)13-6-5-12-10-15(8-7-11(12)9-13)21-14-3-1-2-4-14;/h7-12,16H,2-6H2,1H3;5-10,14H,1-4H2,(H,19,20);1H4. The van der Waals surface area contributed by atoms with Gasteiger partial charge in [-0.3, -0.25) is 9.59 Å². The van der Waals surface area contributed by atoms with Crippen LogP contribution in [-0.4, -0.2) is 47.4 Å². The van der Waals surface area contributed by atoms with Crippen molar-refractivity contribution in [2.24, 2.45) is 0 Å². The van der Waals surface area contributed by atoms with Gasteiger partial charge in [0.2, 0.25) is 0 Å². The predicted octanol–water partition coefficient (Wildman–Crippen LogP) is 7.97. The Hall–Kier alpha value is -4.72. The quantitative estimate of drug-likeness (QED) is 0.115. The lowest BCUT2D eigenvalue weighted by Gasteiger charge is -2.13. The molecule has 0 bridgehead atoms. The molecule has 4 aromatic carbocycles.